The Balaban J connectivity index is 1.42. The zero-order valence-corrected chi connectivity index (χ0v) is 21.3. The van der Waals surface area contributed by atoms with Crippen LogP contribution in [-0.2, 0) is 9.59 Å². The zero-order valence-electron chi connectivity index (χ0n) is 21.3. The number of aliphatic carboxylic acids is 1. The molecule has 0 bridgehead atoms. The number of rotatable bonds is 8. The summed E-state index contributed by atoms with van der Waals surface area (Å²) in [5.41, 5.74) is 2.95. The Hall–Kier alpha value is -3.77. The Labute approximate surface area is 222 Å². The molecule has 1 aliphatic heterocycles. The minimum Gasteiger partial charge on any atom is -0.480 e. The standard InChI is InChI=1S/C32H32N2O4/c35-20-19-32(31(37)38,33-24-17-18-24)29-25-9-4-5-11-27(25)34(28-12-6-10-26(28)29)30(36)23-15-13-22(14-16-23)21-7-2-1-3-8-21/h1-5,7-9,11,13-16,20,24,26,28-29,33H,6,10,12,17-19H2,(H,37,38). The van der Waals surface area contributed by atoms with Crippen LogP contribution in [0.25, 0.3) is 11.1 Å². The van der Waals surface area contributed by atoms with E-state index in [0.717, 1.165) is 60.8 Å². The van der Waals surface area contributed by atoms with Crippen LogP contribution in [0, 0.1) is 5.92 Å². The van der Waals surface area contributed by atoms with E-state index in [1.54, 1.807) is 0 Å². The molecule has 1 heterocycles. The number of nitrogens with one attached hydrogen (secondary N) is 1. The highest BCUT2D eigenvalue weighted by Gasteiger charge is 2.58. The lowest BCUT2D eigenvalue weighted by Crippen LogP contribution is -2.62. The van der Waals surface area contributed by atoms with Crippen LogP contribution in [0.4, 0.5) is 5.69 Å². The number of amides is 1. The normalized spacial score (nSPS) is 23.7. The highest BCUT2D eigenvalue weighted by atomic mass is 16.4. The first-order valence-electron chi connectivity index (χ1n) is 13.6. The van der Waals surface area contributed by atoms with E-state index in [1.165, 1.54) is 0 Å². The fourth-order valence-corrected chi connectivity index (χ4v) is 6.80. The molecule has 4 unspecified atom stereocenters. The van der Waals surface area contributed by atoms with Crippen LogP contribution >= 0.6 is 0 Å². The molecule has 2 saturated carbocycles. The maximum absolute atomic E-state index is 14.1. The van der Waals surface area contributed by atoms with Gasteiger partial charge in [0.05, 0.1) is 0 Å². The van der Waals surface area contributed by atoms with Crippen LogP contribution < -0.4 is 10.2 Å². The van der Waals surface area contributed by atoms with E-state index >= 15 is 0 Å². The number of para-hydroxylation sites is 1. The molecule has 6 heteroatoms. The van der Waals surface area contributed by atoms with E-state index in [0.29, 0.717) is 5.56 Å². The topological polar surface area (TPSA) is 86.7 Å². The van der Waals surface area contributed by atoms with Gasteiger partial charge in [-0.2, -0.15) is 0 Å². The van der Waals surface area contributed by atoms with Crippen molar-refractivity contribution in [1.82, 2.24) is 5.32 Å². The lowest BCUT2D eigenvalue weighted by molar-refractivity contribution is -0.148. The number of carboxylic acids is 1. The molecule has 6 rings (SSSR count). The molecule has 0 radical (unpaired) electrons. The molecule has 0 saturated heterocycles. The van der Waals surface area contributed by atoms with Crippen molar-refractivity contribution in [3.8, 4) is 11.1 Å². The van der Waals surface area contributed by atoms with E-state index in [2.05, 4.69) is 5.32 Å². The first kappa shape index (κ1) is 24.6. The molecule has 2 N–H and O–H groups in total. The highest BCUT2D eigenvalue weighted by molar-refractivity contribution is 6.08. The summed E-state index contributed by atoms with van der Waals surface area (Å²) in [7, 11) is 0. The van der Waals surface area contributed by atoms with Gasteiger partial charge in [-0.15, -0.1) is 0 Å². The number of nitrogens with zero attached hydrogens (tertiary/aromatic N) is 1. The Kier molecular flexibility index (Phi) is 6.36. The highest BCUT2D eigenvalue weighted by Crippen LogP contribution is 2.54. The van der Waals surface area contributed by atoms with Gasteiger partial charge in [-0.05, 0) is 66.5 Å². The van der Waals surface area contributed by atoms with Crippen LogP contribution in [-0.4, -0.2) is 40.9 Å². The maximum atomic E-state index is 14.1. The van der Waals surface area contributed by atoms with Crippen LogP contribution in [0.15, 0.2) is 78.9 Å². The molecule has 0 aromatic heterocycles. The molecule has 38 heavy (non-hydrogen) atoms. The van der Waals surface area contributed by atoms with Crippen molar-refractivity contribution in [2.24, 2.45) is 5.92 Å². The summed E-state index contributed by atoms with van der Waals surface area (Å²) >= 11 is 0. The van der Waals surface area contributed by atoms with Gasteiger partial charge in [-0.1, -0.05) is 67.1 Å². The SMILES string of the molecule is O=CCC(NC1CC1)(C(=O)O)C1c2ccccc2N(C(=O)c2ccc(-c3ccccc3)cc2)C2CCCC21. The molecule has 4 atom stereocenters. The molecule has 3 aliphatic rings. The van der Waals surface area contributed by atoms with E-state index in [-0.39, 0.29) is 30.3 Å². The second-order valence-corrected chi connectivity index (χ2v) is 10.9. The molecule has 3 aromatic carbocycles. The molecular weight excluding hydrogens is 476 g/mol. The Morgan fingerprint density at radius 2 is 1.58 bits per heavy atom. The van der Waals surface area contributed by atoms with Gasteiger partial charge in [0.2, 0.25) is 0 Å². The van der Waals surface area contributed by atoms with E-state index in [9.17, 15) is 19.5 Å². The molecule has 194 valence electrons. The molecular formula is C32H32N2O4. The smallest absolute Gasteiger partial charge is 0.325 e. The number of hydrogen-bond acceptors (Lipinski definition) is 4. The van der Waals surface area contributed by atoms with Crippen molar-refractivity contribution in [2.45, 2.75) is 62.1 Å². The van der Waals surface area contributed by atoms with Crippen LogP contribution in [0.3, 0.4) is 0 Å². The largest absolute Gasteiger partial charge is 0.480 e. The summed E-state index contributed by atoms with van der Waals surface area (Å²) in [6.45, 7) is 0. The lowest BCUT2D eigenvalue weighted by Gasteiger charge is -2.49. The molecule has 2 aliphatic carbocycles. The van der Waals surface area contributed by atoms with Crippen molar-refractivity contribution >= 4 is 23.9 Å². The Morgan fingerprint density at radius 1 is 0.895 bits per heavy atom. The molecule has 2 fully saturated rings. The van der Waals surface area contributed by atoms with Gasteiger partial charge in [-0.25, -0.2) is 0 Å². The number of carboxylic acid groups (broad SMARTS) is 1. The molecule has 3 aromatic rings. The van der Waals surface area contributed by atoms with Crippen LogP contribution in [0.1, 0.15) is 60.4 Å². The Bertz CT molecular complexity index is 1350. The average Bonchev–Trinajstić information content (AvgIpc) is 3.64. The summed E-state index contributed by atoms with van der Waals surface area (Å²) in [5, 5.41) is 14.0. The fraction of sp³-hybridized carbons (Fsp3) is 0.344. The Morgan fingerprint density at radius 3 is 2.26 bits per heavy atom. The van der Waals surface area contributed by atoms with Crippen molar-refractivity contribution in [2.75, 3.05) is 4.90 Å². The van der Waals surface area contributed by atoms with E-state index in [4.69, 9.17) is 0 Å². The third-order valence-corrected chi connectivity index (χ3v) is 8.64. The number of anilines is 1. The third-order valence-electron chi connectivity index (χ3n) is 8.64. The van der Waals surface area contributed by atoms with Gasteiger partial charge >= 0.3 is 5.97 Å². The predicted octanol–water partition coefficient (Wildman–Crippen LogP) is 5.43. The second kappa shape index (κ2) is 9.84. The monoisotopic (exact) mass is 508 g/mol. The summed E-state index contributed by atoms with van der Waals surface area (Å²) in [4.78, 5) is 40.9. The first-order valence-corrected chi connectivity index (χ1v) is 13.6. The number of carbonyl (C=O) groups excluding carboxylic acids is 2. The number of benzene rings is 3. The number of hydrogen-bond donors (Lipinski definition) is 2. The zero-order chi connectivity index (χ0) is 26.3. The lowest BCUT2D eigenvalue weighted by atomic mass is 9.65. The van der Waals surface area contributed by atoms with Crippen LogP contribution in [0.5, 0.6) is 0 Å². The van der Waals surface area contributed by atoms with Gasteiger partial charge in [0.1, 0.15) is 11.8 Å². The number of carbonyl (C=O) groups is 3. The third kappa shape index (κ3) is 4.13. The molecule has 6 nitrogen and oxygen atoms in total. The minimum absolute atomic E-state index is 0.0558. The molecule has 0 spiro atoms. The predicted molar refractivity (Wildman–Crippen MR) is 146 cm³/mol. The number of fused-ring (bicyclic) bond motifs is 2. The summed E-state index contributed by atoms with van der Waals surface area (Å²) in [6.07, 6.45) is 5.01. The van der Waals surface area contributed by atoms with E-state index in [1.807, 2.05) is 83.8 Å². The van der Waals surface area contributed by atoms with E-state index < -0.39 is 17.4 Å². The summed E-state index contributed by atoms with van der Waals surface area (Å²) < 4.78 is 0. The van der Waals surface area contributed by atoms with Gasteiger partial charge < -0.3 is 14.8 Å². The number of aldehydes is 1. The van der Waals surface area contributed by atoms with Gasteiger partial charge in [0.25, 0.3) is 5.91 Å². The minimum atomic E-state index is -1.39. The summed E-state index contributed by atoms with van der Waals surface area (Å²) in [6, 6.07) is 25.5. The quantitative estimate of drug-likeness (QED) is 0.396. The second-order valence-electron chi connectivity index (χ2n) is 10.9. The van der Waals surface area contributed by atoms with Gasteiger partial charge in [0.15, 0.2) is 0 Å². The fourth-order valence-electron chi connectivity index (χ4n) is 6.80. The van der Waals surface area contributed by atoms with Crippen molar-refractivity contribution in [3.63, 3.8) is 0 Å². The first-order chi connectivity index (χ1) is 18.5. The van der Waals surface area contributed by atoms with Gasteiger partial charge in [0, 0.05) is 35.7 Å². The van der Waals surface area contributed by atoms with Gasteiger partial charge in [-0.3, -0.25) is 14.9 Å². The van der Waals surface area contributed by atoms with Crippen molar-refractivity contribution in [1.29, 1.82) is 0 Å². The van der Waals surface area contributed by atoms with Crippen molar-refractivity contribution < 1.29 is 19.5 Å². The van der Waals surface area contributed by atoms with Crippen LogP contribution in [0.2, 0.25) is 0 Å². The van der Waals surface area contributed by atoms with Crippen molar-refractivity contribution in [3.05, 3.63) is 90.0 Å². The molecule has 1 amide bonds. The summed E-state index contributed by atoms with van der Waals surface area (Å²) in [5.74, 6) is -1.52. The average molecular weight is 509 g/mol. The maximum Gasteiger partial charge on any atom is 0.325 e.